The number of carboxylic acids is 4. The van der Waals surface area contributed by atoms with Crippen LogP contribution in [-0.4, -0.2) is 198 Å². The molecule has 1 aliphatic rings. The van der Waals surface area contributed by atoms with Crippen LogP contribution in [0.15, 0.2) is 12.5 Å². The van der Waals surface area contributed by atoms with E-state index >= 15 is 0 Å². The van der Waals surface area contributed by atoms with Crippen LogP contribution in [0.4, 0.5) is 0 Å². The number of likely N-dealkylation sites (tertiary alicyclic amines) is 1. The van der Waals surface area contributed by atoms with Crippen molar-refractivity contribution in [3.63, 3.8) is 0 Å². The monoisotopic (exact) mass is 1280 g/mol. The SMILES string of the molecule is CCC(=O)N1CCC(C(=O)N[C@@H](CCC(=O)NCCOCCOCC(=O)N[C@@H](CCC(=O)NCCOCCOCC(=O)NCCCC[C@H](CC(=O)CCc2cnc[nH]2)C(=O)O)C(=O)O)C(=O)O)CC1.CCCCCCCCCCCCCCCCCCC(=O)O. The summed E-state index contributed by atoms with van der Waals surface area (Å²) in [4.78, 5) is 139. The quantitative estimate of drug-likeness (QED) is 0.0352. The Morgan fingerprint density at radius 3 is 1.50 bits per heavy atom. The van der Waals surface area contributed by atoms with Crippen molar-refractivity contribution >= 4 is 65.1 Å². The number of amides is 6. The second-order valence-electron chi connectivity index (χ2n) is 22.6. The molecule has 2 rings (SSSR count). The summed E-state index contributed by atoms with van der Waals surface area (Å²) in [6, 6.07) is -2.60. The number of H-pyrrole nitrogens is 1. The highest BCUT2D eigenvalue weighted by Crippen LogP contribution is 2.20. The Morgan fingerprint density at radius 1 is 0.533 bits per heavy atom. The summed E-state index contributed by atoms with van der Waals surface area (Å²) < 4.78 is 21.2. The maximum absolute atomic E-state index is 12.6. The Kier molecular flexibility index (Phi) is 49.0. The number of carbonyl (C=O) groups is 11. The van der Waals surface area contributed by atoms with E-state index in [2.05, 4.69) is 43.5 Å². The van der Waals surface area contributed by atoms with Gasteiger partial charge in [-0.25, -0.2) is 14.6 Å². The molecule has 0 unspecified atom stereocenters. The second-order valence-corrected chi connectivity index (χ2v) is 22.6. The van der Waals surface area contributed by atoms with Crippen molar-refractivity contribution in [2.75, 3.05) is 85.6 Å². The van der Waals surface area contributed by atoms with E-state index in [0.29, 0.717) is 71.0 Å². The van der Waals surface area contributed by atoms with Gasteiger partial charge in [0.15, 0.2) is 0 Å². The largest absolute Gasteiger partial charge is 0.481 e. The van der Waals surface area contributed by atoms with Gasteiger partial charge in [0.1, 0.15) is 31.1 Å². The van der Waals surface area contributed by atoms with Crippen LogP contribution in [-0.2, 0) is 78.1 Å². The molecule has 27 nitrogen and oxygen atoms in total. The number of piperidine rings is 1. The van der Waals surface area contributed by atoms with E-state index in [-0.39, 0.29) is 115 Å². The van der Waals surface area contributed by atoms with Crippen LogP contribution in [0.5, 0.6) is 0 Å². The van der Waals surface area contributed by atoms with Crippen molar-refractivity contribution in [2.24, 2.45) is 11.8 Å². The fourth-order valence-corrected chi connectivity index (χ4v) is 9.68. The first-order valence-corrected chi connectivity index (χ1v) is 32.7. The van der Waals surface area contributed by atoms with Crippen molar-refractivity contribution in [1.29, 1.82) is 0 Å². The van der Waals surface area contributed by atoms with Crippen molar-refractivity contribution in [2.45, 2.75) is 219 Å². The molecule has 90 heavy (non-hydrogen) atoms. The zero-order chi connectivity index (χ0) is 66.4. The lowest BCUT2D eigenvalue weighted by Crippen LogP contribution is -2.47. The topological polar surface area (TPSA) is 398 Å². The molecular weight excluding hydrogens is 1170 g/mol. The van der Waals surface area contributed by atoms with Crippen molar-refractivity contribution in [1.82, 2.24) is 41.5 Å². The summed E-state index contributed by atoms with van der Waals surface area (Å²) in [6.07, 6.45) is 27.4. The summed E-state index contributed by atoms with van der Waals surface area (Å²) in [5.74, 6) is -8.04. The number of nitrogens with one attached hydrogen (secondary N) is 6. The Bertz CT molecular complexity index is 2180. The molecule has 6 amide bonds. The number of hydrogen-bond donors (Lipinski definition) is 10. The lowest BCUT2D eigenvalue weighted by molar-refractivity contribution is -0.144. The van der Waals surface area contributed by atoms with Crippen LogP contribution in [0.25, 0.3) is 0 Å². The van der Waals surface area contributed by atoms with Gasteiger partial charge in [0, 0.05) is 89.1 Å². The van der Waals surface area contributed by atoms with Gasteiger partial charge in [-0.05, 0) is 51.4 Å². The molecule has 514 valence electrons. The molecule has 0 radical (unpaired) electrons. The highest BCUT2D eigenvalue weighted by molar-refractivity contribution is 5.87. The molecule has 0 saturated carbocycles. The molecule has 10 N–H and O–H groups in total. The van der Waals surface area contributed by atoms with Gasteiger partial charge in [-0.1, -0.05) is 117 Å². The number of aryl methyl sites for hydroxylation is 1. The summed E-state index contributed by atoms with van der Waals surface area (Å²) in [5, 5.41) is 49.7. The summed E-state index contributed by atoms with van der Waals surface area (Å²) in [5.41, 5.74) is 0.806. The molecule has 1 aliphatic heterocycles. The maximum Gasteiger partial charge on any atom is 0.326 e. The Balaban J connectivity index is 0.00000163. The Hall–Kier alpha value is -6.58. The summed E-state index contributed by atoms with van der Waals surface area (Å²) in [7, 11) is 0. The minimum atomic E-state index is -1.35. The van der Waals surface area contributed by atoms with E-state index in [1.165, 1.54) is 96.2 Å². The standard InChI is InChI=1S/C44H70N8O17.C19H38O2/c1-2-40(58)52-17-12-30(13-18-52)41(59)51-35(44(64)65)9-11-37(55)48-16-20-67-22-24-69-28-39(57)50-34(43(62)63)8-10-36(54)47-15-19-66-21-23-68-27-38(56)46-14-4-3-5-31(42(60)61)25-33(53)7-6-32-26-45-29-49-32;1-2-3-4-5-6-7-8-9-10-11-12-13-14-15-16-17-18-19(20)21/h26,29-31,34-35H,2-25,27-28H2,1H3,(H,45,49)(H,46,56)(H,47,54)(H,48,55)(H,50,57)(H,51,59)(H,60,61)(H,62,63)(H,64,65);2-18H2,1H3,(H,20,21)/t31-,34+,35+;/m1./s1. The number of aliphatic carboxylic acids is 4. The van der Waals surface area contributed by atoms with Crippen LogP contribution in [0.3, 0.4) is 0 Å². The van der Waals surface area contributed by atoms with E-state index in [4.69, 9.17) is 24.1 Å². The molecule has 0 aliphatic carbocycles. The maximum atomic E-state index is 12.6. The third-order valence-corrected chi connectivity index (χ3v) is 15.0. The van der Waals surface area contributed by atoms with Gasteiger partial charge in [-0.2, -0.15) is 0 Å². The predicted octanol–water partition coefficient (Wildman–Crippen LogP) is 5.66. The Morgan fingerprint density at radius 2 is 1.02 bits per heavy atom. The number of carboxylic acid groups (broad SMARTS) is 4. The first-order valence-electron chi connectivity index (χ1n) is 32.7. The lowest BCUT2D eigenvalue weighted by Gasteiger charge is -2.31. The van der Waals surface area contributed by atoms with E-state index in [1.807, 2.05) is 0 Å². The zero-order valence-electron chi connectivity index (χ0n) is 53.7. The normalized spacial score (nSPS) is 13.2. The van der Waals surface area contributed by atoms with Crippen LogP contribution in [0.2, 0.25) is 0 Å². The molecule has 3 atom stereocenters. The van der Waals surface area contributed by atoms with Gasteiger partial charge < -0.3 is 75.8 Å². The van der Waals surface area contributed by atoms with Crippen molar-refractivity contribution in [3.05, 3.63) is 18.2 Å². The van der Waals surface area contributed by atoms with E-state index in [0.717, 1.165) is 18.5 Å². The third-order valence-electron chi connectivity index (χ3n) is 15.0. The average Bonchev–Trinajstić information content (AvgIpc) is 4.26. The number of Topliss-reactive ketones (excluding diaryl/α,β-unsaturated/α-hetero) is 1. The van der Waals surface area contributed by atoms with E-state index < -0.39 is 78.0 Å². The molecule has 0 aromatic carbocycles. The number of aromatic nitrogens is 2. The van der Waals surface area contributed by atoms with Crippen molar-refractivity contribution < 1.29 is 92.1 Å². The van der Waals surface area contributed by atoms with Gasteiger partial charge in [0.25, 0.3) is 0 Å². The number of nitrogens with zero attached hydrogens (tertiary/aromatic N) is 2. The first kappa shape index (κ1) is 81.4. The second kappa shape index (κ2) is 54.2. The zero-order valence-corrected chi connectivity index (χ0v) is 53.7. The van der Waals surface area contributed by atoms with E-state index in [9.17, 15) is 68.1 Å². The van der Waals surface area contributed by atoms with Gasteiger partial charge in [0.2, 0.25) is 35.4 Å². The van der Waals surface area contributed by atoms with E-state index in [1.54, 1.807) is 18.0 Å². The highest BCUT2D eigenvalue weighted by atomic mass is 16.5. The van der Waals surface area contributed by atoms with Crippen LogP contribution >= 0.6 is 0 Å². The minimum Gasteiger partial charge on any atom is -0.481 e. The summed E-state index contributed by atoms with van der Waals surface area (Å²) in [6.45, 7) is 5.18. The predicted molar refractivity (Wildman–Crippen MR) is 333 cm³/mol. The molecule has 1 aromatic rings. The number of hydrogen-bond acceptors (Lipinski definition) is 16. The molecule has 1 aromatic heterocycles. The average molecular weight is 1280 g/mol. The van der Waals surface area contributed by atoms with Gasteiger partial charge >= 0.3 is 23.9 Å². The molecule has 27 heteroatoms. The third kappa shape index (κ3) is 45.6. The molecular formula is C63H108N8O19. The van der Waals surface area contributed by atoms with Gasteiger partial charge in [-0.3, -0.25) is 43.2 Å². The molecule has 0 spiro atoms. The van der Waals surface area contributed by atoms with Gasteiger partial charge in [0.05, 0.1) is 51.9 Å². The first-order chi connectivity index (χ1) is 43.4. The van der Waals surface area contributed by atoms with Crippen LogP contribution in [0.1, 0.15) is 206 Å². The smallest absolute Gasteiger partial charge is 0.326 e. The Labute approximate surface area is 531 Å². The number of ether oxygens (including phenoxy) is 4. The fraction of sp³-hybridized carbons (Fsp3) is 0.778. The number of aromatic amines is 1. The minimum absolute atomic E-state index is 0.00379. The molecule has 2 heterocycles. The number of ketones is 1. The van der Waals surface area contributed by atoms with Gasteiger partial charge in [-0.15, -0.1) is 0 Å². The number of carbonyl (C=O) groups excluding carboxylic acids is 7. The fourth-order valence-electron chi connectivity index (χ4n) is 9.68. The van der Waals surface area contributed by atoms with Crippen LogP contribution < -0.4 is 26.6 Å². The molecule has 0 bridgehead atoms. The van der Waals surface area contributed by atoms with Crippen LogP contribution in [0, 0.1) is 11.8 Å². The molecule has 1 fully saturated rings. The summed E-state index contributed by atoms with van der Waals surface area (Å²) >= 11 is 0. The number of imidazole rings is 1. The highest BCUT2D eigenvalue weighted by Gasteiger charge is 2.30. The molecule has 1 saturated heterocycles. The lowest BCUT2D eigenvalue weighted by atomic mass is 9.94. The van der Waals surface area contributed by atoms with Crippen molar-refractivity contribution in [3.8, 4) is 0 Å². The number of rotatable bonds is 56. The number of unbranched alkanes of at least 4 members (excludes halogenated alkanes) is 16.